The predicted molar refractivity (Wildman–Crippen MR) is 137 cm³/mol. The quantitative estimate of drug-likeness (QED) is 0.345. The van der Waals surface area contributed by atoms with Crippen molar-refractivity contribution in [1.82, 2.24) is 9.55 Å². The van der Waals surface area contributed by atoms with Crippen molar-refractivity contribution in [3.63, 3.8) is 0 Å². The average Bonchev–Trinajstić information content (AvgIpc) is 2.81. The summed E-state index contributed by atoms with van der Waals surface area (Å²) in [5.41, 5.74) is 1.49. The number of halogens is 1. The Morgan fingerprint density at radius 2 is 2.06 bits per heavy atom. The fourth-order valence-corrected chi connectivity index (χ4v) is 4.79. The highest BCUT2D eigenvalue weighted by molar-refractivity contribution is 5.78. The maximum absolute atomic E-state index is 13.6. The van der Waals surface area contributed by atoms with Crippen molar-refractivity contribution in [2.24, 2.45) is 5.92 Å². The summed E-state index contributed by atoms with van der Waals surface area (Å²) >= 11 is 0. The van der Waals surface area contributed by atoms with Gasteiger partial charge >= 0.3 is 5.69 Å². The highest BCUT2D eigenvalue weighted by Gasteiger charge is 2.30. The Bertz CT molecular complexity index is 1270. The number of aromatic hydroxyl groups is 1. The zero-order valence-electron chi connectivity index (χ0n) is 21.2. The van der Waals surface area contributed by atoms with Gasteiger partial charge in [-0.15, -0.1) is 0 Å². The second-order valence-corrected chi connectivity index (χ2v) is 9.59. The summed E-state index contributed by atoms with van der Waals surface area (Å²) in [7, 11) is 0. The van der Waals surface area contributed by atoms with Crippen LogP contribution in [0.25, 0.3) is 0 Å². The number of carbonyl (C=O) groups excluding carboxylic acids is 1. The molecule has 0 bridgehead atoms. The Labute approximate surface area is 210 Å². The SMILES string of the molecule is C=C(C)[C@@H]1CCC(C)=C[C@H]1c1c(O)cc(CCCCC)cc1OCCC(=O)n1c(=O)[nH]cc(F)c1=O. The summed E-state index contributed by atoms with van der Waals surface area (Å²) in [5.74, 6) is -1.53. The molecule has 1 aliphatic rings. The molecule has 8 heteroatoms. The third kappa shape index (κ3) is 6.22. The van der Waals surface area contributed by atoms with Gasteiger partial charge in [-0.2, -0.15) is 8.96 Å². The molecule has 2 N–H and O–H groups in total. The molecular weight excluding hydrogens is 463 g/mol. The van der Waals surface area contributed by atoms with Crippen molar-refractivity contribution in [2.45, 2.75) is 71.6 Å². The molecule has 0 amide bonds. The van der Waals surface area contributed by atoms with E-state index in [4.69, 9.17) is 4.74 Å². The van der Waals surface area contributed by atoms with Gasteiger partial charge in [-0.1, -0.05) is 43.6 Å². The molecule has 0 radical (unpaired) electrons. The first kappa shape index (κ1) is 27.2. The molecule has 0 saturated carbocycles. The normalized spacial score (nSPS) is 17.5. The van der Waals surface area contributed by atoms with Gasteiger partial charge in [0.1, 0.15) is 11.5 Å². The van der Waals surface area contributed by atoms with Crippen LogP contribution in [-0.2, 0) is 6.42 Å². The van der Waals surface area contributed by atoms with Gasteiger partial charge in [0.25, 0.3) is 5.56 Å². The molecule has 36 heavy (non-hydrogen) atoms. The van der Waals surface area contributed by atoms with Gasteiger partial charge in [-0.3, -0.25) is 9.59 Å². The lowest BCUT2D eigenvalue weighted by Gasteiger charge is -2.32. The molecule has 1 aromatic heterocycles. The zero-order chi connectivity index (χ0) is 26.4. The minimum Gasteiger partial charge on any atom is -0.507 e. The van der Waals surface area contributed by atoms with E-state index >= 15 is 0 Å². The monoisotopic (exact) mass is 498 g/mol. The number of aryl methyl sites for hydroxylation is 1. The lowest BCUT2D eigenvalue weighted by Crippen LogP contribution is -2.41. The van der Waals surface area contributed by atoms with Crippen LogP contribution in [-0.4, -0.2) is 27.2 Å². The molecule has 1 aromatic carbocycles. The molecule has 0 fully saturated rings. The molecule has 7 nitrogen and oxygen atoms in total. The molecular formula is C28H35FN2O5. The standard InChI is InChI=1S/C28H35FN2O5/c1-5-6-7-8-19-14-23(32)26(21-13-18(4)9-10-20(21)17(2)3)24(15-19)36-12-11-25(33)31-27(34)22(29)16-30-28(31)35/h13-16,20-21,32H,2,5-12H2,1,3-4H3,(H,30,35)/t20-,21+/m0/s1. The van der Waals surface area contributed by atoms with Gasteiger partial charge in [0.2, 0.25) is 11.7 Å². The lowest BCUT2D eigenvalue weighted by molar-refractivity contribution is 0.0868. The Kier molecular flexibility index (Phi) is 9.07. The van der Waals surface area contributed by atoms with Crippen LogP contribution in [0.4, 0.5) is 4.39 Å². The van der Waals surface area contributed by atoms with Gasteiger partial charge in [-0.25, -0.2) is 4.79 Å². The van der Waals surface area contributed by atoms with E-state index in [0.717, 1.165) is 49.7 Å². The third-order valence-electron chi connectivity index (χ3n) is 6.72. The van der Waals surface area contributed by atoms with Crippen LogP contribution in [0.1, 0.15) is 81.1 Å². The summed E-state index contributed by atoms with van der Waals surface area (Å²) in [6.45, 7) is 10.2. The van der Waals surface area contributed by atoms with Crippen molar-refractivity contribution in [3.05, 3.63) is 79.9 Å². The van der Waals surface area contributed by atoms with Crippen molar-refractivity contribution in [3.8, 4) is 11.5 Å². The van der Waals surface area contributed by atoms with Crippen molar-refractivity contribution >= 4 is 5.91 Å². The molecule has 2 atom stereocenters. The van der Waals surface area contributed by atoms with Crippen molar-refractivity contribution in [2.75, 3.05) is 6.61 Å². The van der Waals surface area contributed by atoms with Crippen LogP contribution in [0.15, 0.2) is 51.7 Å². The largest absolute Gasteiger partial charge is 0.507 e. The summed E-state index contributed by atoms with van der Waals surface area (Å²) < 4.78 is 19.8. The minimum atomic E-state index is -1.30. The molecule has 2 aromatic rings. The first-order valence-corrected chi connectivity index (χ1v) is 12.5. The second-order valence-electron chi connectivity index (χ2n) is 9.59. The van der Waals surface area contributed by atoms with Gasteiger partial charge < -0.3 is 14.8 Å². The van der Waals surface area contributed by atoms with E-state index in [9.17, 15) is 23.9 Å². The Hall–Kier alpha value is -3.42. The second kappa shape index (κ2) is 12.0. The smallest absolute Gasteiger partial charge is 0.335 e. The molecule has 3 rings (SSSR count). The number of phenolic OH excluding ortho intramolecular Hbond substituents is 1. The number of hydrogen-bond acceptors (Lipinski definition) is 5. The number of phenols is 1. The third-order valence-corrected chi connectivity index (χ3v) is 6.72. The summed E-state index contributed by atoms with van der Waals surface area (Å²) in [5, 5.41) is 11.1. The number of aromatic nitrogens is 2. The maximum Gasteiger partial charge on any atom is 0.335 e. The molecule has 1 aliphatic carbocycles. The van der Waals surface area contributed by atoms with E-state index in [1.54, 1.807) is 6.07 Å². The summed E-state index contributed by atoms with van der Waals surface area (Å²) in [4.78, 5) is 38.4. The number of ether oxygens (including phenoxy) is 1. The first-order valence-electron chi connectivity index (χ1n) is 12.5. The van der Waals surface area contributed by atoms with E-state index in [0.29, 0.717) is 17.5 Å². The molecule has 0 unspecified atom stereocenters. The van der Waals surface area contributed by atoms with Crippen LogP contribution >= 0.6 is 0 Å². The highest BCUT2D eigenvalue weighted by Crippen LogP contribution is 2.47. The van der Waals surface area contributed by atoms with Gasteiger partial charge in [0.15, 0.2) is 0 Å². The topological polar surface area (TPSA) is 101 Å². The van der Waals surface area contributed by atoms with Crippen molar-refractivity contribution in [1.29, 1.82) is 0 Å². The number of nitrogens with one attached hydrogen (secondary N) is 1. The van der Waals surface area contributed by atoms with E-state index in [1.807, 2.05) is 18.0 Å². The number of unbranched alkanes of at least 4 members (excludes halogenated alkanes) is 2. The Morgan fingerprint density at radius 3 is 2.75 bits per heavy atom. The van der Waals surface area contributed by atoms with Gasteiger partial charge in [0, 0.05) is 17.7 Å². The molecule has 1 heterocycles. The molecule has 194 valence electrons. The van der Waals surface area contributed by atoms with Crippen molar-refractivity contribution < 1.29 is 19.0 Å². The van der Waals surface area contributed by atoms with E-state index in [2.05, 4.69) is 26.5 Å². The highest BCUT2D eigenvalue weighted by atomic mass is 19.1. The Morgan fingerprint density at radius 1 is 1.31 bits per heavy atom. The first-order chi connectivity index (χ1) is 17.1. The summed E-state index contributed by atoms with van der Waals surface area (Å²) in [6, 6.07) is 3.67. The number of nitrogens with zero attached hydrogens (tertiary/aromatic N) is 1. The van der Waals surface area contributed by atoms with Crippen LogP contribution in [0.5, 0.6) is 11.5 Å². The van der Waals surface area contributed by atoms with Gasteiger partial charge in [-0.05, 0) is 63.1 Å². The van der Waals surface area contributed by atoms with E-state index in [1.165, 1.54) is 5.57 Å². The number of hydrogen-bond donors (Lipinski definition) is 2. The molecule has 0 saturated heterocycles. The number of carbonyl (C=O) groups is 1. The van der Waals surface area contributed by atoms with Crippen LogP contribution in [0.2, 0.25) is 0 Å². The van der Waals surface area contributed by atoms with Crippen LogP contribution in [0, 0.1) is 11.7 Å². The lowest BCUT2D eigenvalue weighted by atomic mass is 9.73. The van der Waals surface area contributed by atoms with Crippen LogP contribution in [0.3, 0.4) is 0 Å². The zero-order valence-corrected chi connectivity index (χ0v) is 21.2. The number of H-pyrrole nitrogens is 1. The number of aromatic amines is 1. The van der Waals surface area contributed by atoms with E-state index < -0.39 is 23.0 Å². The fraction of sp³-hybridized carbons (Fsp3) is 0.464. The van der Waals surface area contributed by atoms with E-state index in [-0.39, 0.29) is 35.2 Å². The Balaban J connectivity index is 1.92. The number of allylic oxidation sites excluding steroid dienone is 3. The summed E-state index contributed by atoms with van der Waals surface area (Å²) in [6.07, 6.45) is 8.17. The molecule has 0 spiro atoms. The fourth-order valence-electron chi connectivity index (χ4n) is 4.79. The van der Waals surface area contributed by atoms with Crippen LogP contribution < -0.4 is 16.0 Å². The minimum absolute atomic E-state index is 0.124. The number of benzene rings is 1. The average molecular weight is 499 g/mol. The maximum atomic E-state index is 13.6. The van der Waals surface area contributed by atoms with Gasteiger partial charge in [0.05, 0.1) is 13.0 Å². The predicted octanol–water partition coefficient (Wildman–Crippen LogP) is 5.24. The number of rotatable bonds is 10. The molecule has 0 aliphatic heterocycles.